The molecule has 0 radical (unpaired) electrons. The van der Waals surface area contributed by atoms with Crippen LogP contribution in [0.25, 0.3) is 0 Å². The lowest BCUT2D eigenvalue weighted by atomic mass is 10.0. The number of hydrogen-bond acceptors (Lipinski definition) is 2. The van der Waals surface area contributed by atoms with E-state index in [0.717, 1.165) is 0 Å². The molecule has 3 nitrogen and oxygen atoms in total. The molecule has 0 bridgehead atoms. The summed E-state index contributed by atoms with van der Waals surface area (Å²) >= 11 is 0. The van der Waals surface area contributed by atoms with Crippen LogP contribution < -0.4 is 5.32 Å². The van der Waals surface area contributed by atoms with Crippen LogP contribution in [0.4, 0.5) is 0 Å². The van der Waals surface area contributed by atoms with Gasteiger partial charge in [0, 0.05) is 7.11 Å². The van der Waals surface area contributed by atoms with Crippen molar-refractivity contribution in [1.29, 1.82) is 0 Å². The van der Waals surface area contributed by atoms with Gasteiger partial charge in [0.2, 0.25) is 0 Å². The molecule has 1 aromatic rings. The number of amides is 1. The third-order valence-electron chi connectivity index (χ3n) is 3.60. The second-order valence-electron chi connectivity index (χ2n) is 5.41. The normalized spacial score (nSPS) is 17.3. The van der Waals surface area contributed by atoms with Crippen LogP contribution in [0.15, 0.2) is 30.3 Å². The van der Waals surface area contributed by atoms with Gasteiger partial charge in [0.25, 0.3) is 5.91 Å². The van der Waals surface area contributed by atoms with Gasteiger partial charge in [0.05, 0.1) is 6.04 Å². The molecule has 0 saturated heterocycles. The van der Waals surface area contributed by atoms with Gasteiger partial charge in [-0.2, -0.15) is 0 Å². The van der Waals surface area contributed by atoms with E-state index < -0.39 is 5.60 Å². The number of rotatable bonds is 5. The van der Waals surface area contributed by atoms with Gasteiger partial charge >= 0.3 is 0 Å². The van der Waals surface area contributed by atoms with Crippen molar-refractivity contribution in [2.45, 2.75) is 38.3 Å². The predicted molar refractivity (Wildman–Crippen MR) is 71.1 cm³/mol. The Kier molecular flexibility index (Phi) is 3.71. The highest BCUT2D eigenvalue weighted by Gasteiger charge is 2.36. The first-order chi connectivity index (χ1) is 8.54. The van der Waals surface area contributed by atoms with Crippen molar-refractivity contribution in [3.8, 4) is 0 Å². The van der Waals surface area contributed by atoms with Crippen molar-refractivity contribution in [3.05, 3.63) is 35.9 Å². The smallest absolute Gasteiger partial charge is 0.252 e. The van der Waals surface area contributed by atoms with Gasteiger partial charge in [-0.3, -0.25) is 4.79 Å². The summed E-state index contributed by atoms with van der Waals surface area (Å²) in [5, 5.41) is 3.12. The summed E-state index contributed by atoms with van der Waals surface area (Å²) in [5.74, 6) is 0.523. The van der Waals surface area contributed by atoms with Crippen molar-refractivity contribution in [1.82, 2.24) is 5.32 Å². The number of hydrogen-bond donors (Lipinski definition) is 1. The zero-order chi connectivity index (χ0) is 13.2. The highest BCUT2D eigenvalue weighted by Crippen LogP contribution is 2.41. The van der Waals surface area contributed by atoms with Gasteiger partial charge in [0.15, 0.2) is 0 Å². The van der Waals surface area contributed by atoms with Crippen LogP contribution in [0.5, 0.6) is 0 Å². The Morgan fingerprint density at radius 2 is 1.94 bits per heavy atom. The largest absolute Gasteiger partial charge is 0.369 e. The molecule has 0 aromatic heterocycles. The molecule has 1 amide bonds. The van der Waals surface area contributed by atoms with Crippen LogP contribution in [-0.2, 0) is 9.53 Å². The Hall–Kier alpha value is -1.35. The Morgan fingerprint density at radius 1 is 1.33 bits per heavy atom. The molecule has 1 fully saturated rings. The molecule has 98 valence electrons. The fourth-order valence-electron chi connectivity index (χ4n) is 1.97. The first-order valence-electron chi connectivity index (χ1n) is 6.45. The maximum absolute atomic E-state index is 12.2. The lowest BCUT2D eigenvalue weighted by molar-refractivity contribution is -0.140. The van der Waals surface area contributed by atoms with Crippen LogP contribution in [-0.4, -0.2) is 18.6 Å². The van der Waals surface area contributed by atoms with Crippen LogP contribution in [0.3, 0.4) is 0 Å². The van der Waals surface area contributed by atoms with Crippen molar-refractivity contribution in [2.75, 3.05) is 7.11 Å². The Balaban J connectivity index is 2.11. The highest BCUT2D eigenvalue weighted by atomic mass is 16.5. The van der Waals surface area contributed by atoms with Crippen LogP contribution in [0.1, 0.15) is 38.3 Å². The summed E-state index contributed by atoms with van der Waals surface area (Å²) < 4.78 is 5.22. The average Bonchev–Trinajstić information content (AvgIpc) is 3.21. The van der Waals surface area contributed by atoms with Gasteiger partial charge in [-0.05, 0) is 38.2 Å². The summed E-state index contributed by atoms with van der Waals surface area (Å²) in [4.78, 5) is 12.2. The van der Waals surface area contributed by atoms with E-state index >= 15 is 0 Å². The lowest BCUT2D eigenvalue weighted by Crippen LogP contribution is -2.45. The standard InChI is InChI=1S/C15H21NO2/c1-15(2,18-3)14(17)16-13(12-9-10-12)11-7-5-4-6-8-11/h4-8,12-13H,9-10H2,1-3H3,(H,16,17). The average molecular weight is 247 g/mol. The number of benzene rings is 1. The summed E-state index contributed by atoms with van der Waals surface area (Å²) in [5.41, 5.74) is 0.405. The zero-order valence-corrected chi connectivity index (χ0v) is 11.3. The number of methoxy groups -OCH3 is 1. The molecule has 1 aliphatic carbocycles. The van der Waals surface area contributed by atoms with Gasteiger partial charge in [0.1, 0.15) is 5.60 Å². The number of ether oxygens (including phenoxy) is 1. The van der Waals surface area contributed by atoms with E-state index in [-0.39, 0.29) is 11.9 Å². The summed E-state index contributed by atoms with van der Waals surface area (Å²) in [7, 11) is 1.56. The SMILES string of the molecule is COC(C)(C)C(=O)NC(c1ccccc1)C1CC1. The van der Waals surface area contributed by atoms with Gasteiger partial charge in [-0.15, -0.1) is 0 Å². The Morgan fingerprint density at radius 3 is 2.44 bits per heavy atom. The summed E-state index contributed by atoms with van der Waals surface area (Å²) in [6.45, 7) is 3.58. The molecule has 1 aliphatic rings. The minimum atomic E-state index is -0.776. The molecule has 1 N–H and O–H groups in total. The topological polar surface area (TPSA) is 38.3 Å². The van der Waals surface area contributed by atoms with Crippen molar-refractivity contribution in [3.63, 3.8) is 0 Å². The quantitative estimate of drug-likeness (QED) is 0.868. The fraction of sp³-hybridized carbons (Fsp3) is 0.533. The van der Waals surface area contributed by atoms with E-state index in [9.17, 15) is 4.79 Å². The number of nitrogens with one attached hydrogen (secondary N) is 1. The fourth-order valence-corrected chi connectivity index (χ4v) is 1.97. The van der Waals surface area contributed by atoms with E-state index in [0.29, 0.717) is 5.92 Å². The van der Waals surface area contributed by atoms with E-state index in [1.54, 1.807) is 21.0 Å². The molecule has 1 saturated carbocycles. The maximum atomic E-state index is 12.2. The molecule has 1 unspecified atom stereocenters. The van der Waals surface area contributed by atoms with Crippen molar-refractivity contribution in [2.24, 2.45) is 5.92 Å². The van der Waals surface area contributed by atoms with Gasteiger partial charge < -0.3 is 10.1 Å². The third kappa shape index (κ3) is 2.91. The first kappa shape index (κ1) is 13.1. The minimum absolute atomic E-state index is 0.0502. The first-order valence-corrected chi connectivity index (χ1v) is 6.45. The maximum Gasteiger partial charge on any atom is 0.252 e. The molecule has 2 rings (SSSR count). The number of carbonyl (C=O) groups is 1. The molecule has 0 heterocycles. The van der Waals surface area contributed by atoms with Gasteiger partial charge in [-0.1, -0.05) is 30.3 Å². The molecule has 3 heteroatoms. The minimum Gasteiger partial charge on any atom is -0.369 e. The molecule has 1 aromatic carbocycles. The molecule has 18 heavy (non-hydrogen) atoms. The zero-order valence-electron chi connectivity index (χ0n) is 11.3. The number of carbonyl (C=O) groups excluding carboxylic acids is 1. The summed E-state index contributed by atoms with van der Waals surface area (Å²) in [6, 6.07) is 10.3. The Labute approximate surface area is 109 Å². The third-order valence-corrected chi connectivity index (χ3v) is 3.60. The second-order valence-corrected chi connectivity index (χ2v) is 5.41. The van der Waals surface area contributed by atoms with E-state index in [1.165, 1.54) is 18.4 Å². The predicted octanol–water partition coefficient (Wildman–Crippen LogP) is 2.68. The molecule has 0 spiro atoms. The van der Waals surface area contributed by atoms with Crippen molar-refractivity contribution >= 4 is 5.91 Å². The lowest BCUT2D eigenvalue weighted by Gasteiger charge is -2.26. The monoisotopic (exact) mass is 247 g/mol. The molecule has 0 aliphatic heterocycles. The molecular weight excluding hydrogens is 226 g/mol. The van der Waals surface area contributed by atoms with Gasteiger partial charge in [-0.25, -0.2) is 0 Å². The summed E-state index contributed by atoms with van der Waals surface area (Å²) in [6.07, 6.45) is 2.38. The van der Waals surface area contributed by atoms with Crippen molar-refractivity contribution < 1.29 is 9.53 Å². The van der Waals surface area contributed by atoms with E-state index in [1.807, 2.05) is 18.2 Å². The Bertz CT molecular complexity index is 410. The van der Waals surface area contributed by atoms with E-state index in [2.05, 4.69) is 17.4 Å². The second kappa shape index (κ2) is 5.11. The molecular formula is C15H21NO2. The molecule has 1 atom stereocenters. The van der Waals surface area contributed by atoms with Crippen LogP contribution >= 0.6 is 0 Å². The van der Waals surface area contributed by atoms with E-state index in [4.69, 9.17) is 4.74 Å². The highest BCUT2D eigenvalue weighted by molar-refractivity contribution is 5.84. The van der Waals surface area contributed by atoms with Crippen LogP contribution in [0, 0.1) is 5.92 Å². The van der Waals surface area contributed by atoms with Crippen LogP contribution in [0.2, 0.25) is 0 Å².